The lowest BCUT2D eigenvalue weighted by Gasteiger charge is -2.46. The van der Waals surface area contributed by atoms with Gasteiger partial charge in [-0.2, -0.15) is 5.26 Å². The van der Waals surface area contributed by atoms with Crippen LogP contribution in [0.15, 0.2) is 85.6 Å². The molecule has 43 heavy (non-hydrogen) atoms. The minimum atomic E-state index is -0.336. The first kappa shape index (κ1) is 27.0. The van der Waals surface area contributed by atoms with Crippen LogP contribution in [0.25, 0.3) is 5.65 Å². The number of anilines is 1. The first-order chi connectivity index (χ1) is 21.0. The molecule has 0 unspecified atom stereocenters. The highest BCUT2D eigenvalue weighted by Gasteiger charge is 2.49. The normalized spacial score (nSPS) is 21.9. The fraction of sp³-hybridized carbons (Fsp3) is 0.324. The lowest BCUT2D eigenvalue weighted by Crippen LogP contribution is -2.44. The summed E-state index contributed by atoms with van der Waals surface area (Å²) in [6.07, 6.45) is 10.7. The number of carbonyl (C=O) groups excluding carboxylic acids is 1. The van der Waals surface area contributed by atoms with Gasteiger partial charge in [-0.05, 0) is 72.5 Å². The number of rotatable bonds is 8. The van der Waals surface area contributed by atoms with E-state index in [0.29, 0.717) is 35.2 Å². The molecular weight excluding hydrogens is 536 g/mol. The van der Waals surface area contributed by atoms with Gasteiger partial charge in [-0.25, -0.2) is 4.98 Å². The molecule has 0 spiro atoms. The highest BCUT2D eigenvalue weighted by Crippen LogP contribution is 2.53. The third kappa shape index (κ3) is 5.08. The predicted octanol–water partition coefficient (Wildman–Crippen LogP) is 5.31. The van der Waals surface area contributed by atoms with Crippen molar-refractivity contribution in [2.24, 2.45) is 13.0 Å². The summed E-state index contributed by atoms with van der Waals surface area (Å²) in [6.45, 7) is 2.80. The Morgan fingerprint density at radius 1 is 1.14 bits per heavy atom. The van der Waals surface area contributed by atoms with Gasteiger partial charge in [0.1, 0.15) is 17.8 Å². The number of imidazole rings is 1. The number of aryl methyl sites for hydroxylation is 1. The summed E-state index contributed by atoms with van der Waals surface area (Å²) in [5.74, 6) is 1.54. The molecule has 9 heteroatoms. The SMILES string of the molecule is Cn1cnnc1C1(c2cccc(NC(=O)c3cc(CN4CC[C@H](c5ccccc5)C4)cn4ccnc34)c2)CC(CC#N)C1. The second kappa shape index (κ2) is 11.1. The van der Waals surface area contributed by atoms with Gasteiger partial charge in [-0.3, -0.25) is 9.69 Å². The minimum Gasteiger partial charge on any atom is -0.322 e. The molecule has 1 aliphatic carbocycles. The van der Waals surface area contributed by atoms with Gasteiger partial charge in [-0.1, -0.05) is 42.5 Å². The molecule has 216 valence electrons. The van der Waals surface area contributed by atoms with Gasteiger partial charge in [0.2, 0.25) is 0 Å². The molecule has 1 atom stereocenters. The summed E-state index contributed by atoms with van der Waals surface area (Å²) >= 11 is 0. The molecule has 0 radical (unpaired) electrons. The lowest BCUT2D eigenvalue weighted by atomic mass is 9.57. The van der Waals surface area contributed by atoms with Crippen molar-refractivity contribution in [1.29, 1.82) is 5.26 Å². The number of hydrogen-bond donors (Lipinski definition) is 1. The van der Waals surface area contributed by atoms with Crippen LogP contribution in [0.1, 0.15) is 64.5 Å². The van der Waals surface area contributed by atoms with Crippen molar-refractivity contribution in [3.05, 3.63) is 114 Å². The van der Waals surface area contributed by atoms with E-state index in [4.69, 9.17) is 0 Å². The molecule has 9 nitrogen and oxygen atoms in total. The van der Waals surface area contributed by atoms with Crippen LogP contribution in [0, 0.1) is 17.2 Å². The summed E-state index contributed by atoms with van der Waals surface area (Å²) in [5, 5.41) is 21.0. The van der Waals surface area contributed by atoms with Gasteiger partial charge in [0.05, 0.1) is 17.0 Å². The Balaban J connectivity index is 1.12. The minimum absolute atomic E-state index is 0.192. The molecule has 1 amide bonds. The maximum atomic E-state index is 13.8. The van der Waals surface area contributed by atoms with E-state index in [9.17, 15) is 10.1 Å². The smallest absolute Gasteiger partial charge is 0.259 e. The largest absolute Gasteiger partial charge is 0.322 e. The second-order valence-electron chi connectivity index (χ2n) is 12.1. The topological polar surface area (TPSA) is 104 Å². The van der Waals surface area contributed by atoms with Gasteiger partial charge in [0, 0.05) is 50.8 Å². The standard InChI is InChI=1S/C34H34N8O/c1-40-23-37-39-33(40)34(18-24(19-34)10-12-35)28-8-5-9-29(17-28)38-32(43)30-16-25(21-42-15-13-36-31(30)42)20-41-14-11-27(22-41)26-6-3-2-4-7-26/h2-9,13,15-17,21,23-24,27H,10-11,14,18-20,22H2,1H3,(H,38,43)/t24?,27-,34?/m0/s1. The lowest BCUT2D eigenvalue weighted by molar-refractivity contribution is 0.102. The maximum Gasteiger partial charge on any atom is 0.259 e. The molecule has 5 aromatic rings. The van der Waals surface area contributed by atoms with Gasteiger partial charge in [-0.15, -0.1) is 10.2 Å². The monoisotopic (exact) mass is 570 g/mol. The van der Waals surface area contributed by atoms with Crippen LogP contribution in [-0.4, -0.2) is 48.0 Å². The van der Waals surface area contributed by atoms with Crippen molar-refractivity contribution in [3.8, 4) is 6.07 Å². The summed E-state index contributed by atoms with van der Waals surface area (Å²) in [6, 6.07) is 23.0. The zero-order valence-corrected chi connectivity index (χ0v) is 24.2. The molecule has 1 saturated carbocycles. The summed E-state index contributed by atoms with van der Waals surface area (Å²) in [5.41, 5.74) is 5.10. The molecule has 1 saturated heterocycles. The van der Waals surface area contributed by atoms with Crippen LogP contribution in [0.2, 0.25) is 0 Å². The quantitative estimate of drug-likeness (QED) is 0.271. The van der Waals surface area contributed by atoms with Gasteiger partial charge >= 0.3 is 0 Å². The number of likely N-dealkylation sites (tertiary alicyclic amines) is 1. The third-order valence-electron chi connectivity index (χ3n) is 9.21. The second-order valence-corrected chi connectivity index (χ2v) is 12.1. The fourth-order valence-electron chi connectivity index (χ4n) is 7.13. The summed E-state index contributed by atoms with van der Waals surface area (Å²) in [7, 11) is 1.95. The molecule has 0 bridgehead atoms. The number of fused-ring (bicyclic) bond motifs is 1. The molecule has 2 aliphatic rings. The van der Waals surface area contributed by atoms with E-state index in [0.717, 1.165) is 55.8 Å². The van der Waals surface area contributed by atoms with Crippen molar-refractivity contribution >= 4 is 17.2 Å². The molecular formula is C34H34N8O. The molecule has 1 aliphatic heterocycles. The van der Waals surface area contributed by atoms with Crippen LogP contribution < -0.4 is 5.32 Å². The van der Waals surface area contributed by atoms with Gasteiger partial charge in [0.25, 0.3) is 5.91 Å². The molecule has 2 fully saturated rings. The Hall–Kier alpha value is -4.81. The Bertz CT molecular complexity index is 1810. The number of benzene rings is 2. The van der Waals surface area contributed by atoms with E-state index in [2.05, 4.69) is 74.1 Å². The van der Waals surface area contributed by atoms with Crippen LogP contribution >= 0.6 is 0 Å². The molecule has 3 aromatic heterocycles. The zero-order chi connectivity index (χ0) is 29.4. The third-order valence-corrected chi connectivity index (χ3v) is 9.21. The number of aromatic nitrogens is 5. The number of nitrogens with one attached hydrogen (secondary N) is 1. The van der Waals surface area contributed by atoms with E-state index in [1.54, 1.807) is 12.5 Å². The van der Waals surface area contributed by atoms with Crippen LogP contribution in [0.5, 0.6) is 0 Å². The predicted molar refractivity (Wildman–Crippen MR) is 163 cm³/mol. The van der Waals surface area contributed by atoms with E-state index in [-0.39, 0.29) is 11.3 Å². The Morgan fingerprint density at radius 2 is 2.00 bits per heavy atom. The summed E-state index contributed by atoms with van der Waals surface area (Å²) < 4.78 is 3.90. The highest BCUT2D eigenvalue weighted by atomic mass is 16.1. The van der Waals surface area contributed by atoms with Crippen molar-refractivity contribution in [1.82, 2.24) is 29.0 Å². The average molecular weight is 571 g/mol. The van der Waals surface area contributed by atoms with Crippen molar-refractivity contribution in [2.75, 3.05) is 18.4 Å². The van der Waals surface area contributed by atoms with Crippen LogP contribution in [-0.2, 0) is 19.0 Å². The van der Waals surface area contributed by atoms with E-state index in [1.165, 1.54) is 5.56 Å². The average Bonchev–Trinajstić information content (AvgIpc) is 3.77. The van der Waals surface area contributed by atoms with Crippen molar-refractivity contribution < 1.29 is 4.79 Å². The number of amides is 1. The Morgan fingerprint density at radius 3 is 2.79 bits per heavy atom. The number of hydrogen-bond acceptors (Lipinski definition) is 6. The van der Waals surface area contributed by atoms with E-state index < -0.39 is 0 Å². The van der Waals surface area contributed by atoms with Crippen molar-refractivity contribution in [2.45, 2.75) is 43.6 Å². The number of nitriles is 1. The van der Waals surface area contributed by atoms with Crippen molar-refractivity contribution in [3.63, 3.8) is 0 Å². The van der Waals surface area contributed by atoms with Crippen LogP contribution in [0.4, 0.5) is 5.69 Å². The van der Waals surface area contributed by atoms with Crippen LogP contribution in [0.3, 0.4) is 0 Å². The first-order valence-electron chi connectivity index (χ1n) is 14.9. The van der Waals surface area contributed by atoms with Gasteiger partial charge < -0.3 is 14.3 Å². The zero-order valence-electron chi connectivity index (χ0n) is 24.2. The van der Waals surface area contributed by atoms with E-state index in [1.807, 2.05) is 46.5 Å². The Kier molecular flexibility index (Phi) is 6.99. The fourth-order valence-corrected chi connectivity index (χ4v) is 7.13. The molecule has 1 N–H and O–H groups in total. The summed E-state index contributed by atoms with van der Waals surface area (Å²) in [4.78, 5) is 20.7. The van der Waals surface area contributed by atoms with Gasteiger partial charge in [0.15, 0.2) is 0 Å². The highest BCUT2D eigenvalue weighted by molar-refractivity contribution is 6.08. The number of carbonyl (C=O) groups is 1. The maximum absolute atomic E-state index is 13.8. The van der Waals surface area contributed by atoms with E-state index >= 15 is 0 Å². The molecule has 7 rings (SSSR count). The Labute approximate surface area is 250 Å². The molecule has 4 heterocycles. The number of pyridine rings is 1. The molecule has 2 aromatic carbocycles. The number of nitrogens with zero attached hydrogens (tertiary/aromatic N) is 7. The first-order valence-corrected chi connectivity index (χ1v) is 14.9.